The molecule has 0 aromatic heterocycles. The Morgan fingerprint density at radius 3 is 2.62 bits per heavy atom. The molecule has 0 amide bonds. The Morgan fingerprint density at radius 2 is 1.94 bits per heavy atom. The predicted molar refractivity (Wildman–Crippen MR) is 66.0 cm³/mol. The molecular weight excluding hydrogens is 273 g/mol. The first-order chi connectivity index (χ1) is 7.66. The molecule has 2 nitrogen and oxygen atoms in total. The van der Waals surface area contributed by atoms with Crippen LogP contribution in [-0.4, -0.2) is 6.10 Å². The van der Waals surface area contributed by atoms with Gasteiger partial charge in [0.1, 0.15) is 11.4 Å². The number of anilines is 1. The summed E-state index contributed by atoms with van der Waals surface area (Å²) in [5, 5.41) is 0. The lowest BCUT2D eigenvalue weighted by Crippen LogP contribution is -2.20. The van der Waals surface area contributed by atoms with Crippen LogP contribution < -0.4 is 10.5 Å². The maximum absolute atomic E-state index is 13.4. The van der Waals surface area contributed by atoms with Crippen molar-refractivity contribution in [3.8, 4) is 5.75 Å². The van der Waals surface area contributed by atoms with E-state index in [1.807, 2.05) is 0 Å². The number of rotatable bonds is 2. The van der Waals surface area contributed by atoms with Crippen molar-refractivity contribution in [3.05, 3.63) is 22.4 Å². The van der Waals surface area contributed by atoms with Gasteiger partial charge in [0.05, 0.1) is 6.10 Å². The van der Waals surface area contributed by atoms with Crippen molar-refractivity contribution in [2.75, 3.05) is 5.73 Å². The van der Waals surface area contributed by atoms with Gasteiger partial charge in [-0.25, -0.2) is 4.39 Å². The maximum atomic E-state index is 13.4. The van der Waals surface area contributed by atoms with E-state index in [1.165, 1.54) is 25.3 Å². The Morgan fingerprint density at radius 1 is 1.25 bits per heavy atom. The minimum Gasteiger partial charge on any atom is -0.488 e. The van der Waals surface area contributed by atoms with Crippen molar-refractivity contribution in [1.82, 2.24) is 0 Å². The molecule has 2 rings (SSSR count). The highest BCUT2D eigenvalue weighted by Gasteiger charge is 2.17. The molecule has 0 atom stereocenters. The molecule has 1 saturated carbocycles. The molecule has 0 spiro atoms. The third kappa shape index (κ3) is 2.67. The van der Waals surface area contributed by atoms with Crippen molar-refractivity contribution in [2.24, 2.45) is 0 Å². The van der Waals surface area contributed by atoms with Gasteiger partial charge in [-0.05, 0) is 37.8 Å². The largest absolute Gasteiger partial charge is 0.488 e. The Hall–Kier alpha value is -0.770. The van der Waals surface area contributed by atoms with Gasteiger partial charge in [0.25, 0.3) is 0 Å². The van der Waals surface area contributed by atoms with E-state index in [4.69, 9.17) is 10.5 Å². The predicted octanol–water partition coefficient (Wildman–Crippen LogP) is 3.88. The van der Waals surface area contributed by atoms with Gasteiger partial charge in [-0.3, -0.25) is 0 Å². The van der Waals surface area contributed by atoms with Gasteiger partial charge in [0, 0.05) is 4.47 Å². The first-order valence-electron chi connectivity index (χ1n) is 5.58. The summed E-state index contributed by atoms with van der Waals surface area (Å²) in [6.45, 7) is 0. The Labute approximate surface area is 103 Å². The van der Waals surface area contributed by atoms with Crippen LogP contribution in [0.2, 0.25) is 0 Å². The van der Waals surface area contributed by atoms with Crippen LogP contribution in [0.5, 0.6) is 5.75 Å². The number of nitrogen functional groups attached to an aromatic ring is 1. The minimum absolute atomic E-state index is 0.105. The van der Waals surface area contributed by atoms with Gasteiger partial charge in [-0.15, -0.1) is 0 Å². The fourth-order valence-corrected chi connectivity index (χ4v) is 2.43. The molecule has 1 fully saturated rings. The summed E-state index contributed by atoms with van der Waals surface area (Å²) in [5.74, 6) is 0.0268. The number of nitrogens with two attached hydrogens (primary N) is 1. The van der Waals surface area contributed by atoms with Crippen LogP contribution >= 0.6 is 15.9 Å². The SMILES string of the molecule is Nc1c(F)cc(Br)cc1OC1CCCCC1. The first kappa shape index (κ1) is 11.7. The van der Waals surface area contributed by atoms with Crippen molar-refractivity contribution in [1.29, 1.82) is 0 Å². The van der Waals surface area contributed by atoms with Gasteiger partial charge in [0.15, 0.2) is 5.82 Å². The third-order valence-corrected chi connectivity index (χ3v) is 3.36. The van der Waals surface area contributed by atoms with E-state index in [-0.39, 0.29) is 11.8 Å². The Balaban J connectivity index is 2.13. The standard InChI is InChI=1S/C12H15BrFNO/c13-8-6-10(14)12(15)11(7-8)16-9-4-2-1-3-5-9/h6-7,9H,1-5,15H2. The molecule has 0 saturated heterocycles. The number of hydrogen-bond acceptors (Lipinski definition) is 2. The fourth-order valence-electron chi connectivity index (χ4n) is 2.02. The molecule has 0 heterocycles. The lowest BCUT2D eigenvalue weighted by Gasteiger charge is -2.23. The molecule has 2 N–H and O–H groups in total. The van der Waals surface area contributed by atoms with Gasteiger partial charge in [0.2, 0.25) is 0 Å². The average Bonchev–Trinajstić information content (AvgIpc) is 2.27. The molecule has 0 aliphatic heterocycles. The highest BCUT2D eigenvalue weighted by atomic mass is 79.9. The van der Waals surface area contributed by atoms with E-state index in [0.717, 1.165) is 12.8 Å². The van der Waals surface area contributed by atoms with Crippen molar-refractivity contribution < 1.29 is 9.13 Å². The number of halogens is 2. The van der Waals surface area contributed by atoms with Crippen molar-refractivity contribution >= 4 is 21.6 Å². The molecule has 4 heteroatoms. The summed E-state index contributed by atoms with van der Waals surface area (Å²) in [7, 11) is 0. The quantitative estimate of drug-likeness (QED) is 0.838. The molecule has 1 aromatic carbocycles. The fraction of sp³-hybridized carbons (Fsp3) is 0.500. The zero-order chi connectivity index (χ0) is 11.5. The molecule has 0 radical (unpaired) electrons. The van der Waals surface area contributed by atoms with E-state index in [0.29, 0.717) is 10.2 Å². The third-order valence-electron chi connectivity index (χ3n) is 2.90. The van der Waals surface area contributed by atoms with Gasteiger partial charge in [-0.1, -0.05) is 22.4 Å². The van der Waals surface area contributed by atoms with Crippen molar-refractivity contribution in [2.45, 2.75) is 38.2 Å². The minimum atomic E-state index is -0.430. The van der Waals surface area contributed by atoms with Crippen LogP contribution in [0, 0.1) is 5.82 Å². The van der Waals surface area contributed by atoms with Gasteiger partial charge >= 0.3 is 0 Å². The van der Waals surface area contributed by atoms with E-state index in [1.54, 1.807) is 6.07 Å². The van der Waals surface area contributed by atoms with Crippen LogP contribution in [0.15, 0.2) is 16.6 Å². The number of benzene rings is 1. The zero-order valence-electron chi connectivity index (χ0n) is 9.01. The van der Waals surface area contributed by atoms with Crippen molar-refractivity contribution in [3.63, 3.8) is 0 Å². The molecule has 1 aliphatic carbocycles. The average molecular weight is 288 g/mol. The monoisotopic (exact) mass is 287 g/mol. The van der Waals surface area contributed by atoms with Gasteiger partial charge < -0.3 is 10.5 Å². The van der Waals surface area contributed by atoms with Gasteiger partial charge in [-0.2, -0.15) is 0 Å². The summed E-state index contributed by atoms with van der Waals surface area (Å²) < 4.78 is 19.8. The lowest BCUT2D eigenvalue weighted by molar-refractivity contribution is 0.155. The normalized spacial score (nSPS) is 17.4. The number of ether oxygens (including phenoxy) is 1. The second-order valence-electron chi connectivity index (χ2n) is 4.18. The Bertz CT molecular complexity index is 378. The summed E-state index contributed by atoms with van der Waals surface area (Å²) in [6.07, 6.45) is 5.88. The highest BCUT2D eigenvalue weighted by Crippen LogP contribution is 2.32. The molecule has 88 valence electrons. The van der Waals surface area contributed by atoms with Crippen LogP contribution in [0.25, 0.3) is 0 Å². The van der Waals surface area contributed by atoms with E-state index in [9.17, 15) is 4.39 Å². The van der Waals surface area contributed by atoms with Crippen LogP contribution in [0.3, 0.4) is 0 Å². The smallest absolute Gasteiger partial charge is 0.151 e. The summed E-state index contributed by atoms with van der Waals surface area (Å²) in [4.78, 5) is 0. The van der Waals surface area contributed by atoms with Crippen LogP contribution in [0.1, 0.15) is 32.1 Å². The molecule has 16 heavy (non-hydrogen) atoms. The zero-order valence-corrected chi connectivity index (χ0v) is 10.6. The Kier molecular flexibility index (Phi) is 3.69. The molecule has 0 bridgehead atoms. The molecule has 1 aromatic rings. The summed E-state index contributed by atoms with van der Waals surface area (Å²) in [5.41, 5.74) is 5.75. The van der Waals surface area contributed by atoms with Crippen LogP contribution in [-0.2, 0) is 0 Å². The van der Waals surface area contributed by atoms with Crippen LogP contribution in [0.4, 0.5) is 10.1 Å². The second-order valence-corrected chi connectivity index (χ2v) is 5.09. The molecule has 1 aliphatic rings. The molecular formula is C12H15BrFNO. The first-order valence-corrected chi connectivity index (χ1v) is 6.37. The highest BCUT2D eigenvalue weighted by molar-refractivity contribution is 9.10. The molecule has 0 unspecified atom stereocenters. The maximum Gasteiger partial charge on any atom is 0.151 e. The van der Waals surface area contributed by atoms with E-state index < -0.39 is 5.82 Å². The number of hydrogen-bond donors (Lipinski definition) is 1. The lowest BCUT2D eigenvalue weighted by atomic mass is 9.98. The van der Waals surface area contributed by atoms with E-state index >= 15 is 0 Å². The topological polar surface area (TPSA) is 35.2 Å². The second kappa shape index (κ2) is 5.04. The summed E-state index contributed by atoms with van der Waals surface area (Å²) >= 11 is 3.24. The van der Waals surface area contributed by atoms with E-state index in [2.05, 4.69) is 15.9 Å². The summed E-state index contributed by atoms with van der Waals surface area (Å²) in [6, 6.07) is 3.08.